The number of hydrogen-bond donors (Lipinski definition) is 2. The third kappa shape index (κ3) is 2.65. The summed E-state index contributed by atoms with van der Waals surface area (Å²) in [6, 6.07) is 4.19. The van der Waals surface area contributed by atoms with Crippen molar-refractivity contribution in [2.45, 2.75) is 38.1 Å². The Hall–Kier alpha value is -2.62. The Kier molecular flexibility index (Phi) is 3.69. The number of rotatable bonds is 3. The van der Waals surface area contributed by atoms with E-state index in [2.05, 4.69) is 26.5 Å². The van der Waals surface area contributed by atoms with Gasteiger partial charge in [0.15, 0.2) is 11.6 Å². The van der Waals surface area contributed by atoms with E-state index in [4.69, 9.17) is 5.73 Å². The van der Waals surface area contributed by atoms with Crippen LogP contribution in [0.5, 0.6) is 0 Å². The number of hydrogen-bond acceptors (Lipinski definition) is 6. The van der Waals surface area contributed by atoms with Crippen molar-refractivity contribution in [2.75, 3.05) is 11.1 Å². The maximum atomic E-state index is 9.32. The maximum Gasteiger partial charge on any atom is 0.252 e. The second-order valence-electron chi connectivity index (χ2n) is 5.16. The average Bonchev–Trinajstić information content (AvgIpc) is 2.85. The minimum atomic E-state index is 0.266. The number of nitrogens with one attached hydrogen (secondary N) is 1. The van der Waals surface area contributed by atoms with Crippen molar-refractivity contribution in [3.05, 3.63) is 24.0 Å². The SMILES string of the molecule is N#Cc1c(NC2CCCCC2)nn(-c2ncccn2)c1N. The van der Waals surface area contributed by atoms with E-state index >= 15 is 0 Å². The molecule has 2 heterocycles. The first-order chi connectivity index (χ1) is 10.3. The first-order valence-corrected chi connectivity index (χ1v) is 7.12. The van der Waals surface area contributed by atoms with Crippen LogP contribution in [0.1, 0.15) is 37.7 Å². The molecule has 108 valence electrons. The van der Waals surface area contributed by atoms with E-state index in [1.807, 2.05) is 0 Å². The molecule has 2 aromatic rings. The predicted molar refractivity (Wildman–Crippen MR) is 78.8 cm³/mol. The summed E-state index contributed by atoms with van der Waals surface area (Å²) in [5, 5.41) is 17.0. The van der Waals surface area contributed by atoms with Crippen molar-refractivity contribution in [1.82, 2.24) is 19.7 Å². The molecule has 0 spiro atoms. The molecule has 1 fully saturated rings. The summed E-state index contributed by atoms with van der Waals surface area (Å²) < 4.78 is 1.41. The quantitative estimate of drug-likeness (QED) is 0.890. The minimum absolute atomic E-state index is 0.266. The third-order valence-electron chi connectivity index (χ3n) is 3.72. The van der Waals surface area contributed by atoms with Gasteiger partial charge < -0.3 is 11.1 Å². The first-order valence-electron chi connectivity index (χ1n) is 7.12. The van der Waals surface area contributed by atoms with Crippen molar-refractivity contribution in [3.63, 3.8) is 0 Å². The zero-order valence-corrected chi connectivity index (χ0v) is 11.7. The third-order valence-corrected chi connectivity index (χ3v) is 3.72. The highest BCUT2D eigenvalue weighted by Crippen LogP contribution is 2.26. The normalized spacial score (nSPS) is 15.6. The summed E-state index contributed by atoms with van der Waals surface area (Å²) >= 11 is 0. The Labute approximate surface area is 122 Å². The molecule has 2 aromatic heterocycles. The van der Waals surface area contributed by atoms with E-state index in [0.717, 1.165) is 12.8 Å². The molecule has 1 saturated carbocycles. The molecule has 0 unspecified atom stereocenters. The number of nitriles is 1. The highest BCUT2D eigenvalue weighted by molar-refractivity contribution is 5.65. The second kappa shape index (κ2) is 5.79. The van der Waals surface area contributed by atoms with Gasteiger partial charge >= 0.3 is 0 Å². The summed E-state index contributed by atoms with van der Waals surface area (Å²) in [4.78, 5) is 8.24. The number of nitrogen functional groups attached to an aromatic ring is 1. The lowest BCUT2D eigenvalue weighted by Gasteiger charge is -2.22. The summed E-state index contributed by atoms with van der Waals surface area (Å²) in [6.07, 6.45) is 9.11. The molecule has 3 N–H and O–H groups in total. The fraction of sp³-hybridized carbons (Fsp3) is 0.429. The second-order valence-corrected chi connectivity index (χ2v) is 5.16. The lowest BCUT2D eigenvalue weighted by Crippen LogP contribution is -2.23. The molecule has 21 heavy (non-hydrogen) atoms. The van der Waals surface area contributed by atoms with E-state index < -0.39 is 0 Å². The Bertz CT molecular complexity index is 650. The van der Waals surface area contributed by atoms with E-state index in [9.17, 15) is 5.26 Å². The van der Waals surface area contributed by atoms with Crippen molar-refractivity contribution in [2.24, 2.45) is 0 Å². The van der Waals surface area contributed by atoms with Gasteiger partial charge in [0.2, 0.25) is 0 Å². The van der Waals surface area contributed by atoms with Gasteiger partial charge in [0.1, 0.15) is 11.6 Å². The molecule has 0 saturated heterocycles. The molecule has 1 aliphatic carbocycles. The number of aromatic nitrogens is 4. The van der Waals surface area contributed by atoms with Crippen LogP contribution in [0.2, 0.25) is 0 Å². The lowest BCUT2D eigenvalue weighted by atomic mass is 9.95. The molecule has 0 aliphatic heterocycles. The summed E-state index contributed by atoms with van der Waals surface area (Å²) in [7, 11) is 0. The topological polar surface area (TPSA) is 105 Å². The molecular formula is C14H17N7. The van der Waals surface area contributed by atoms with Crippen LogP contribution in [-0.2, 0) is 0 Å². The lowest BCUT2D eigenvalue weighted by molar-refractivity contribution is 0.461. The van der Waals surface area contributed by atoms with Crippen molar-refractivity contribution >= 4 is 11.6 Å². The fourth-order valence-corrected chi connectivity index (χ4v) is 2.64. The van der Waals surface area contributed by atoms with Gasteiger partial charge in [-0.05, 0) is 18.9 Å². The molecule has 0 radical (unpaired) electrons. The molecule has 0 amide bonds. The van der Waals surface area contributed by atoms with Gasteiger partial charge in [-0.3, -0.25) is 0 Å². The summed E-state index contributed by atoms with van der Waals surface area (Å²) in [6.45, 7) is 0. The van der Waals surface area contributed by atoms with Crippen LogP contribution >= 0.6 is 0 Å². The van der Waals surface area contributed by atoms with Crippen LogP contribution in [-0.4, -0.2) is 25.8 Å². The van der Waals surface area contributed by atoms with E-state index in [-0.39, 0.29) is 5.82 Å². The highest BCUT2D eigenvalue weighted by atomic mass is 15.4. The molecule has 0 bridgehead atoms. The van der Waals surface area contributed by atoms with Gasteiger partial charge in [-0.25, -0.2) is 9.97 Å². The van der Waals surface area contributed by atoms with Gasteiger partial charge in [0, 0.05) is 18.4 Å². The monoisotopic (exact) mass is 283 g/mol. The molecule has 3 rings (SSSR count). The molecule has 0 aromatic carbocycles. The average molecular weight is 283 g/mol. The molecule has 1 aliphatic rings. The van der Waals surface area contributed by atoms with E-state index in [1.165, 1.54) is 23.9 Å². The predicted octanol–water partition coefficient (Wildman–Crippen LogP) is 1.86. The van der Waals surface area contributed by atoms with Gasteiger partial charge in [-0.1, -0.05) is 19.3 Å². The molecular weight excluding hydrogens is 266 g/mol. The van der Waals surface area contributed by atoms with Gasteiger partial charge in [-0.15, -0.1) is 5.10 Å². The van der Waals surface area contributed by atoms with Crippen molar-refractivity contribution in [3.8, 4) is 12.0 Å². The zero-order chi connectivity index (χ0) is 14.7. The Morgan fingerprint density at radius 3 is 2.62 bits per heavy atom. The van der Waals surface area contributed by atoms with Crippen molar-refractivity contribution in [1.29, 1.82) is 5.26 Å². The number of anilines is 2. The minimum Gasteiger partial charge on any atom is -0.382 e. The maximum absolute atomic E-state index is 9.32. The van der Waals surface area contributed by atoms with Crippen LogP contribution < -0.4 is 11.1 Å². The number of nitrogens with two attached hydrogens (primary N) is 1. The molecule has 7 heteroatoms. The van der Waals surface area contributed by atoms with Crippen LogP contribution in [0, 0.1) is 11.3 Å². The summed E-state index contributed by atoms with van der Waals surface area (Å²) in [5.41, 5.74) is 6.36. The van der Waals surface area contributed by atoms with E-state index in [0.29, 0.717) is 23.4 Å². The largest absolute Gasteiger partial charge is 0.382 e. The number of nitrogens with zero attached hydrogens (tertiary/aromatic N) is 5. The smallest absolute Gasteiger partial charge is 0.252 e. The molecule has 7 nitrogen and oxygen atoms in total. The molecule has 0 atom stereocenters. The first kappa shape index (κ1) is 13.4. The van der Waals surface area contributed by atoms with Crippen LogP contribution in [0.25, 0.3) is 5.95 Å². The zero-order valence-electron chi connectivity index (χ0n) is 11.7. The highest BCUT2D eigenvalue weighted by Gasteiger charge is 2.21. The van der Waals surface area contributed by atoms with Crippen LogP contribution in [0.15, 0.2) is 18.5 Å². The Balaban J connectivity index is 1.92. The van der Waals surface area contributed by atoms with Gasteiger partial charge in [0.25, 0.3) is 5.95 Å². The fourth-order valence-electron chi connectivity index (χ4n) is 2.64. The van der Waals surface area contributed by atoms with E-state index in [1.54, 1.807) is 18.5 Å². The Morgan fingerprint density at radius 2 is 1.95 bits per heavy atom. The van der Waals surface area contributed by atoms with Crippen LogP contribution in [0.3, 0.4) is 0 Å². The van der Waals surface area contributed by atoms with Gasteiger partial charge in [0.05, 0.1) is 0 Å². The van der Waals surface area contributed by atoms with Crippen molar-refractivity contribution < 1.29 is 0 Å². The summed E-state index contributed by atoms with van der Waals surface area (Å²) in [5.74, 6) is 1.15. The Morgan fingerprint density at radius 1 is 1.24 bits per heavy atom. The van der Waals surface area contributed by atoms with Gasteiger partial charge in [-0.2, -0.15) is 9.94 Å². The standard InChI is InChI=1S/C14H17N7/c15-9-11-12(16)21(14-17-7-4-8-18-14)20-13(11)19-10-5-2-1-3-6-10/h4,7-8,10H,1-3,5-6,16H2,(H,19,20). The van der Waals surface area contributed by atoms with Crippen LogP contribution in [0.4, 0.5) is 11.6 Å².